The largest absolute Gasteiger partial charge is 0.376 e. The summed E-state index contributed by atoms with van der Waals surface area (Å²) >= 11 is 0. The minimum absolute atomic E-state index is 0.0315. The summed E-state index contributed by atoms with van der Waals surface area (Å²) in [5.41, 5.74) is 0.0315. The Morgan fingerprint density at radius 1 is 1.00 bits per heavy atom. The summed E-state index contributed by atoms with van der Waals surface area (Å²) in [5, 5.41) is 3.33. The van der Waals surface area contributed by atoms with Gasteiger partial charge in [-0.1, -0.05) is 19.8 Å². The van der Waals surface area contributed by atoms with E-state index in [0.29, 0.717) is 0 Å². The molecule has 0 amide bonds. The first kappa shape index (κ1) is 13.9. The topological polar surface area (TPSA) is 21.3 Å². The van der Waals surface area contributed by atoms with Gasteiger partial charge in [0.1, 0.15) is 0 Å². The molecule has 0 atom stereocenters. The van der Waals surface area contributed by atoms with Gasteiger partial charge in [0.2, 0.25) is 0 Å². The van der Waals surface area contributed by atoms with Crippen LogP contribution in [0.1, 0.15) is 53.4 Å². The molecule has 2 nitrogen and oxygen atoms in total. The number of hydrogen-bond donors (Lipinski definition) is 1. The van der Waals surface area contributed by atoms with Gasteiger partial charge in [-0.05, 0) is 46.7 Å². The lowest BCUT2D eigenvalue weighted by molar-refractivity contribution is -0.00473. The molecule has 14 heavy (non-hydrogen) atoms. The number of ether oxygens (including phenoxy) is 1. The van der Waals surface area contributed by atoms with Gasteiger partial charge in [0.05, 0.1) is 5.60 Å². The number of hydrogen-bond acceptors (Lipinski definition) is 2. The molecule has 0 unspecified atom stereocenters. The van der Waals surface area contributed by atoms with E-state index in [1.807, 2.05) is 0 Å². The van der Waals surface area contributed by atoms with Crippen molar-refractivity contribution in [3.63, 3.8) is 0 Å². The average Bonchev–Trinajstić information content (AvgIpc) is 2.08. The van der Waals surface area contributed by atoms with Gasteiger partial charge < -0.3 is 10.1 Å². The maximum atomic E-state index is 5.64. The first-order chi connectivity index (χ1) is 6.56. The molecule has 0 aliphatic rings. The molecule has 0 aromatic carbocycles. The van der Waals surface area contributed by atoms with Crippen LogP contribution in [0.15, 0.2) is 0 Å². The first-order valence-corrected chi connectivity index (χ1v) is 5.91. The molecule has 0 heterocycles. The summed E-state index contributed by atoms with van der Waals surface area (Å²) in [6.45, 7) is 11.6. The normalized spacial score (nSPS) is 12.0. The van der Waals surface area contributed by atoms with Crippen molar-refractivity contribution < 1.29 is 4.74 Å². The zero-order valence-corrected chi connectivity index (χ0v) is 10.4. The van der Waals surface area contributed by atoms with Crippen molar-refractivity contribution in [2.45, 2.75) is 59.0 Å². The van der Waals surface area contributed by atoms with E-state index in [4.69, 9.17) is 4.74 Å². The van der Waals surface area contributed by atoms with E-state index >= 15 is 0 Å². The Balaban J connectivity index is 2.99. The molecule has 0 bridgehead atoms. The van der Waals surface area contributed by atoms with Crippen LogP contribution in [0.5, 0.6) is 0 Å². The second-order valence-electron chi connectivity index (χ2n) is 4.73. The fraction of sp³-hybridized carbons (Fsp3) is 1.00. The smallest absolute Gasteiger partial charge is 0.0598 e. The van der Waals surface area contributed by atoms with E-state index in [1.165, 1.54) is 25.7 Å². The number of unbranched alkanes of at least 4 members (excludes halogenated alkanes) is 3. The van der Waals surface area contributed by atoms with Gasteiger partial charge >= 0.3 is 0 Å². The highest BCUT2D eigenvalue weighted by Crippen LogP contribution is 2.08. The quantitative estimate of drug-likeness (QED) is 0.610. The molecule has 0 aromatic rings. The molecule has 1 N–H and O–H groups in total. The molecule has 0 saturated heterocycles. The zero-order valence-electron chi connectivity index (χ0n) is 10.4. The average molecular weight is 201 g/mol. The molecule has 0 aliphatic carbocycles. The molecular formula is C12H27NO. The Morgan fingerprint density at radius 3 is 2.21 bits per heavy atom. The van der Waals surface area contributed by atoms with E-state index in [2.05, 4.69) is 33.0 Å². The molecule has 86 valence electrons. The molecular weight excluding hydrogens is 174 g/mol. The molecule has 0 saturated carbocycles. The van der Waals surface area contributed by atoms with Crippen LogP contribution < -0.4 is 5.32 Å². The Morgan fingerprint density at radius 2 is 1.64 bits per heavy atom. The summed E-state index contributed by atoms with van der Waals surface area (Å²) in [5.74, 6) is 0. The maximum Gasteiger partial charge on any atom is 0.0598 e. The van der Waals surface area contributed by atoms with Gasteiger partial charge in [0.15, 0.2) is 0 Å². The van der Waals surface area contributed by atoms with Crippen LogP contribution in [0.3, 0.4) is 0 Å². The molecule has 0 radical (unpaired) electrons. The van der Waals surface area contributed by atoms with Gasteiger partial charge in [0.25, 0.3) is 0 Å². The molecule has 0 spiro atoms. The Bertz CT molecular complexity index is 118. The second-order valence-corrected chi connectivity index (χ2v) is 4.73. The van der Waals surface area contributed by atoms with Crippen LogP contribution in [0.25, 0.3) is 0 Å². The lowest BCUT2D eigenvalue weighted by Gasteiger charge is -2.19. The van der Waals surface area contributed by atoms with Crippen LogP contribution in [-0.4, -0.2) is 25.3 Å². The van der Waals surface area contributed by atoms with E-state index in [-0.39, 0.29) is 5.60 Å². The third-order valence-corrected chi connectivity index (χ3v) is 2.03. The predicted molar refractivity (Wildman–Crippen MR) is 62.7 cm³/mol. The van der Waals surface area contributed by atoms with Crippen molar-refractivity contribution in [2.24, 2.45) is 0 Å². The fourth-order valence-corrected chi connectivity index (χ4v) is 1.26. The second kappa shape index (κ2) is 8.25. The number of rotatable bonds is 8. The van der Waals surface area contributed by atoms with Gasteiger partial charge in [-0.2, -0.15) is 0 Å². The van der Waals surface area contributed by atoms with Crippen LogP contribution in [0.2, 0.25) is 0 Å². The third kappa shape index (κ3) is 11.9. The lowest BCUT2D eigenvalue weighted by atomic mass is 10.1. The summed E-state index contributed by atoms with van der Waals surface area (Å²) in [6.07, 6.45) is 5.11. The summed E-state index contributed by atoms with van der Waals surface area (Å²) < 4.78 is 5.64. The SMILES string of the molecule is CCNCCCCCCOC(C)(C)C. The van der Waals surface area contributed by atoms with Gasteiger partial charge in [-0.25, -0.2) is 0 Å². The summed E-state index contributed by atoms with van der Waals surface area (Å²) in [7, 11) is 0. The van der Waals surface area contributed by atoms with E-state index in [9.17, 15) is 0 Å². The first-order valence-electron chi connectivity index (χ1n) is 5.91. The van der Waals surface area contributed by atoms with Crippen molar-refractivity contribution in [2.75, 3.05) is 19.7 Å². The Kier molecular flexibility index (Phi) is 8.20. The summed E-state index contributed by atoms with van der Waals surface area (Å²) in [4.78, 5) is 0. The van der Waals surface area contributed by atoms with Crippen molar-refractivity contribution in [3.8, 4) is 0 Å². The molecule has 0 aromatic heterocycles. The van der Waals surface area contributed by atoms with Crippen molar-refractivity contribution in [3.05, 3.63) is 0 Å². The van der Waals surface area contributed by atoms with Gasteiger partial charge in [0, 0.05) is 6.61 Å². The maximum absolute atomic E-state index is 5.64. The Hall–Kier alpha value is -0.0800. The highest BCUT2D eigenvalue weighted by Gasteiger charge is 2.08. The van der Waals surface area contributed by atoms with Crippen LogP contribution in [0.4, 0.5) is 0 Å². The van der Waals surface area contributed by atoms with Crippen molar-refractivity contribution in [1.29, 1.82) is 0 Å². The molecule has 0 fully saturated rings. The van der Waals surface area contributed by atoms with Gasteiger partial charge in [-0.15, -0.1) is 0 Å². The highest BCUT2D eigenvalue weighted by atomic mass is 16.5. The third-order valence-electron chi connectivity index (χ3n) is 2.03. The van der Waals surface area contributed by atoms with Crippen LogP contribution in [0, 0.1) is 0 Å². The standard InChI is InChI=1S/C12H27NO/c1-5-13-10-8-6-7-9-11-14-12(2,3)4/h13H,5-11H2,1-4H3. The van der Waals surface area contributed by atoms with E-state index in [1.54, 1.807) is 0 Å². The number of nitrogens with one attached hydrogen (secondary N) is 1. The monoisotopic (exact) mass is 201 g/mol. The minimum Gasteiger partial charge on any atom is -0.376 e. The molecule has 0 rings (SSSR count). The lowest BCUT2D eigenvalue weighted by Crippen LogP contribution is -2.19. The van der Waals surface area contributed by atoms with Crippen molar-refractivity contribution >= 4 is 0 Å². The van der Waals surface area contributed by atoms with E-state index < -0.39 is 0 Å². The van der Waals surface area contributed by atoms with Gasteiger partial charge in [-0.3, -0.25) is 0 Å². The van der Waals surface area contributed by atoms with Crippen LogP contribution >= 0.6 is 0 Å². The van der Waals surface area contributed by atoms with E-state index in [0.717, 1.165) is 19.7 Å². The van der Waals surface area contributed by atoms with Crippen LogP contribution in [-0.2, 0) is 4.74 Å². The minimum atomic E-state index is 0.0315. The zero-order chi connectivity index (χ0) is 10.9. The highest BCUT2D eigenvalue weighted by molar-refractivity contribution is 4.58. The predicted octanol–water partition coefficient (Wildman–Crippen LogP) is 2.97. The summed E-state index contributed by atoms with van der Waals surface area (Å²) in [6, 6.07) is 0. The van der Waals surface area contributed by atoms with Crippen molar-refractivity contribution in [1.82, 2.24) is 5.32 Å². The fourth-order valence-electron chi connectivity index (χ4n) is 1.26. The molecule has 2 heteroatoms. The Labute approximate surface area is 89.4 Å². The molecule has 0 aliphatic heterocycles.